The summed E-state index contributed by atoms with van der Waals surface area (Å²) in [5.74, 6) is 0.143. The maximum atomic E-state index is 12.8. The summed E-state index contributed by atoms with van der Waals surface area (Å²) in [7, 11) is -3.78. The summed E-state index contributed by atoms with van der Waals surface area (Å²) in [6, 6.07) is 4.77. The van der Waals surface area contributed by atoms with Gasteiger partial charge in [0.05, 0.1) is 21.2 Å². The standard InChI is InChI=1S/C19H28N4O3S2/c1-3-4-12-23-17-9-8-15(28(20,25)26)13-16(17)21-19(23)27-14(2)18(24)22-10-6-5-7-11-22/h8-9,13-14H,3-7,10-12H2,1-2H3,(H2,20,25,26)/t14-/m0/s1. The Balaban J connectivity index is 1.90. The van der Waals surface area contributed by atoms with Crippen molar-refractivity contribution < 1.29 is 13.2 Å². The second-order valence-corrected chi connectivity index (χ2v) is 10.1. The first-order valence-electron chi connectivity index (χ1n) is 9.79. The molecule has 1 amide bonds. The molecule has 1 aliphatic heterocycles. The van der Waals surface area contributed by atoms with Crippen molar-refractivity contribution in [3.63, 3.8) is 0 Å². The number of carbonyl (C=O) groups excluding carboxylic acids is 1. The van der Waals surface area contributed by atoms with Gasteiger partial charge < -0.3 is 9.47 Å². The van der Waals surface area contributed by atoms with Gasteiger partial charge in [-0.25, -0.2) is 18.5 Å². The molecule has 1 aliphatic rings. The molecule has 28 heavy (non-hydrogen) atoms. The van der Waals surface area contributed by atoms with Crippen molar-refractivity contribution in [3.8, 4) is 0 Å². The molecule has 0 bridgehead atoms. The van der Waals surface area contributed by atoms with Crippen LogP contribution in [0.25, 0.3) is 11.0 Å². The van der Waals surface area contributed by atoms with Crippen LogP contribution in [0, 0.1) is 0 Å². The van der Waals surface area contributed by atoms with E-state index in [0.717, 1.165) is 56.0 Å². The number of sulfonamides is 1. The van der Waals surface area contributed by atoms with Crippen LogP contribution in [0.4, 0.5) is 0 Å². The number of hydrogen-bond acceptors (Lipinski definition) is 5. The Labute approximate surface area is 170 Å². The van der Waals surface area contributed by atoms with E-state index >= 15 is 0 Å². The molecule has 1 aromatic carbocycles. The van der Waals surface area contributed by atoms with Crippen molar-refractivity contribution in [2.45, 2.75) is 67.8 Å². The monoisotopic (exact) mass is 424 g/mol. The molecule has 1 atom stereocenters. The van der Waals surface area contributed by atoms with E-state index in [4.69, 9.17) is 5.14 Å². The first-order valence-corrected chi connectivity index (χ1v) is 12.2. The van der Waals surface area contributed by atoms with Gasteiger partial charge in [-0.15, -0.1) is 0 Å². The topological polar surface area (TPSA) is 98.3 Å². The Morgan fingerprint density at radius 3 is 2.64 bits per heavy atom. The first-order chi connectivity index (χ1) is 13.3. The molecule has 0 spiro atoms. The molecule has 7 nitrogen and oxygen atoms in total. The summed E-state index contributed by atoms with van der Waals surface area (Å²) in [6.07, 6.45) is 5.32. The van der Waals surface area contributed by atoms with Crippen molar-refractivity contribution in [1.29, 1.82) is 0 Å². The number of aromatic nitrogens is 2. The van der Waals surface area contributed by atoms with Crippen LogP contribution < -0.4 is 5.14 Å². The number of benzene rings is 1. The van der Waals surface area contributed by atoms with Crippen molar-refractivity contribution >= 4 is 38.7 Å². The summed E-state index contributed by atoms with van der Waals surface area (Å²) in [4.78, 5) is 19.4. The number of imidazole rings is 1. The van der Waals surface area contributed by atoms with E-state index in [-0.39, 0.29) is 16.1 Å². The summed E-state index contributed by atoms with van der Waals surface area (Å²) in [6.45, 7) is 6.46. The second-order valence-electron chi connectivity index (χ2n) is 7.24. The fraction of sp³-hybridized carbons (Fsp3) is 0.579. The van der Waals surface area contributed by atoms with E-state index in [1.165, 1.54) is 30.3 Å². The molecular formula is C19H28N4O3S2. The predicted molar refractivity (Wildman–Crippen MR) is 112 cm³/mol. The molecule has 0 aliphatic carbocycles. The maximum absolute atomic E-state index is 12.8. The summed E-state index contributed by atoms with van der Waals surface area (Å²) >= 11 is 1.44. The fourth-order valence-corrected chi connectivity index (χ4v) is 5.03. The molecule has 1 fully saturated rings. The molecule has 1 saturated heterocycles. The van der Waals surface area contributed by atoms with Crippen molar-refractivity contribution in [2.75, 3.05) is 13.1 Å². The van der Waals surface area contributed by atoms with E-state index in [2.05, 4.69) is 16.5 Å². The summed E-state index contributed by atoms with van der Waals surface area (Å²) in [5.41, 5.74) is 1.45. The summed E-state index contributed by atoms with van der Waals surface area (Å²) < 4.78 is 25.4. The van der Waals surface area contributed by atoms with Crippen molar-refractivity contribution in [3.05, 3.63) is 18.2 Å². The second kappa shape index (κ2) is 8.84. The number of primary sulfonamides is 1. The van der Waals surface area contributed by atoms with Crippen LogP contribution in [0.15, 0.2) is 28.3 Å². The maximum Gasteiger partial charge on any atom is 0.238 e. The predicted octanol–water partition coefficient (Wildman–Crippen LogP) is 2.98. The van der Waals surface area contributed by atoms with Crippen LogP contribution in [0.2, 0.25) is 0 Å². The first kappa shape index (κ1) is 21.1. The van der Waals surface area contributed by atoms with Gasteiger partial charge in [-0.05, 0) is 50.8 Å². The number of thioether (sulfide) groups is 1. The number of unbranched alkanes of at least 4 members (excludes halogenated alkanes) is 1. The molecule has 1 aromatic heterocycles. The van der Waals surface area contributed by atoms with Gasteiger partial charge in [-0.1, -0.05) is 25.1 Å². The molecule has 0 unspecified atom stereocenters. The Morgan fingerprint density at radius 2 is 2.00 bits per heavy atom. The molecule has 3 rings (SSSR count). The van der Waals surface area contributed by atoms with Crippen molar-refractivity contribution in [1.82, 2.24) is 14.5 Å². The fourth-order valence-electron chi connectivity index (χ4n) is 3.47. The van der Waals surface area contributed by atoms with Gasteiger partial charge in [0, 0.05) is 19.6 Å². The molecule has 0 radical (unpaired) electrons. The lowest BCUT2D eigenvalue weighted by atomic mass is 10.1. The van der Waals surface area contributed by atoms with Crippen LogP contribution in [0.1, 0.15) is 46.0 Å². The SMILES string of the molecule is CCCCn1c(S[C@@H](C)C(=O)N2CCCCC2)nc2cc(S(N)(=O)=O)ccc21. The molecule has 0 saturated carbocycles. The van der Waals surface area contributed by atoms with Crippen LogP contribution in [0.5, 0.6) is 0 Å². The normalized spacial score (nSPS) is 16.5. The number of aryl methyl sites for hydroxylation is 1. The number of nitrogens with zero attached hydrogens (tertiary/aromatic N) is 3. The van der Waals surface area contributed by atoms with E-state index in [0.29, 0.717) is 5.52 Å². The zero-order valence-corrected chi connectivity index (χ0v) is 18.1. The minimum atomic E-state index is -3.78. The Bertz CT molecular complexity index is 949. The van der Waals surface area contributed by atoms with Crippen molar-refractivity contribution in [2.24, 2.45) is 5.14 Å². The number of amides is 1. The van der Waals surface area contributed by atoms with E-state index in [9.17, 15) is 13.2 Å². The number of likely N-dealkylation sites (tertiary alicyclic amines) is 1. The lowest BCUT2D eigenvalue weighted by Crippen LogP contribution is -2.40. The van der Waals surface area contributed by atoms with Crippen LogP contribution in [0.3, 0.4) is 0 Å². The highest BCUT2D eigenvalue weighted by molar-refractivity contribution is 8.00. The highest BCUT2D eigenvalue weighted by Gasteiger charge is 2.25. The smallest absolute Gasteiger partial charge is 0.238 e. The minimum absolute atomic E-state index is 0.0501. The summed E-state index contributed by atoms with van der Waals surface area (Å²) in [5, 5.41) is 5.76. The number of rotatable bonds is 7. The third-order valence-corrected chi connectivity index (χ3v) is 7.03. The Hall–Kier alpha value is -1.58. The molecule has 154 valence electrons. The van der Waals surface area contributed by atoms with Gasteiger partial charge >= 0.3 is 0 Å². The van der Waals surface area contributed by atoms with Gasteiger partial charge in [0.1, 0.15) is 0 Å². The van der Waals surface area contributed by atoms with Crippen LogP contribution in [-0.2, 0) is 21.4 Å². The average molecular weight is 425 g/mol. The quantitative estimate of drug-likeness (QED) is 0.689. The van der Waals surface area contributed by atoms with E-state index in [1.54, 1.807) is 6.07 Å². The third-order valence-electron chi connectivity index (χ3n) is 5.05. The molecule has 9 heteroatoms. The highest BCUT2D eigenvalue weighted by atomic mass is 32.2. The zero-order chi connectivity index (χ0) is 20.3. The van der Waals surface area contributed by atoms with E-state index in [1.807, 2.05) is 11.8 Å². The van der Waals surface area contributed by atoms with Gasteiger partial charge in [-0.2, -0.15) is 0 Å². The lowest BCUT2D eigenvalue weighted by Gasteiger charge is -2.28. The number of nitrogens with two attached hydrogens (primary N) is 1. The number of fused-ring (bicyclic) bond motifs is 1. The van der Waals surface area contributed by atoms with E-state index < -0.39 is 10.0 Å². The van der Waals surface area contributed by atoms with Gasteiger partial charge in [0.15, 0.2) is 5.16 Å². The van der Waals surface area contributed by atoms with Gasteiger partial charge in [0.2, 0.25) is 15.9 Å². The highest BCUT2D eigenvalue weighted by Crippen LogP contribution is 2.30. The lowest BCUT2D eigenvalue weighted by molar-refractivity contribution is -0.131. The van der Waals surface area contributed by atoms with Gasteiger partial charge in [-0.3, -0.25) is 4.79 Å². The third kappa shape index (κ3) is 4.69. The van der Waals surface area contributed by atoms with Gasteiger partial charge in [0.25, 0.3) is 0 Å². The Morgan fingerprint density at radius 1 is 1.29 bits per heavy atom. The van der Waals surface area contributed by atoms with Crippen LogP contribution in [-0.4, -0.2) is 47.1 Å². The number of carbonyl (C=O) groups is 1. The molecule has 2 heterocycles. The molecule has 2 aromatic rings. The average Bonchev–Trinajstić information content (AvgIpc) is 3.01. The Kier molecular flexibility index (Phi) is 6.67. The number of piperidine rings is 1. The van der Waals surface area contributed by atoms with Crippen LogP contribution >= 0.6 is 11.8 Å². The molecule has 2 N–H and O–H groups in total. The minimum Gasteiger partial charge on any atom is -0.342 e. The molecular weight excluding hydrogens is 396 g/mol. The number of hydrogen-bond donors (Lipinski definition) is 1. The zero-order valence-electron chi connectivity index (χ0n) is 16.4. The largest absolute Gasteiger partial charge is 0.342 e.